The minimum absolute atomic E-state index is 0.738. The number of ether oxygens (including phenoxy) is 1. The summed E-state index contributed by atoms with van der Waals surface area (Å²) in [6.45, 7) is 7.02. The van der Waals surface area contributed by atoms with Crippen LogP contribution in [0.15, 0.2) is 24.3 Å². The highest BCUT2D eigenvalue weighted by Gasteiger charge is 2.21. The fourth-order valence-corrected chi connectivity index (χ4v) is 3.37. The van der Waals surface area contributed by atoms with Gasteiger partial charge in [0.05, 0.1) is 6.61 Å². The first-order chi connectivity index (χ1) is 9.81. The summed E-state index contributed by atoms with van der Waals surface area (Å²) in [5.41, 5.74) is 1.39. The summed E-state index contributed by atoms with van der Waals surface area (Å²) in [7, 11) is 2.24. The molecule has 0 saturated carbocycles. The second kappa shape index (κ2) is 6.59. The first kappa shape index (κ1) is 13.9. The summed E-state index contributed by atoms with van der Waals surface area (Å²) in [4.78, 5) is 5.10. The van der Waals surface area contributed by atoms with E-state index in [0.29, 0.717) is 0 Å². The molecule has 0 unspecified atom stereocenters. The lowest BCUT2D eigenvalue weighted by Gasteiger charge is -2.25. The molecular formula is C17H26N2O. The number of fused-ring (bicyclic) bond motifs is 1. The van der Waals surface area contributed by atoms with E-state index in [1.807, 2.05) is 0 Å². The predicted molar refractivity (Wildman–Crippen MR) is 82.3 cm³/mol. The van der Waals surface area contributed by atoms with Gasteiger partial charge in [-0.2, -0.15) is 0 Å². The van der Waals surface area contributed by atoms with Gasteiger partial charge in [0.2, 0.25) is 0 Å². The Labute approximate surface area is 122 Å². The van der Waals surface area contributed by atoms with Crippen molar-refractivity contribution in [2.45, 2.75) is 19.3 Å². The highest BCUT2D eigenvalue weighted by atomic mass is 16.5. The zero-order valence-corrected chi connectivity index (χ0v) is 12.6. The maximum absolute atomic E-state index is 5.88. The van der Waals surface area contributed by atoms with Crippen LogP contribution in [0.1, 0.15) is 18.4 Å². The molecule has 3 heteroatoms. The van der Waals surface area contributed by atoms with Gasteiger partial charge < -0.3 is 14.5 Å². The minimum atomic E-state index is 0.738. The molecule has 0 radical (unpaired) electrons. The molecule has 0 amide bonds. The molecule has 0 aromatic heterocycles. The van der Waals surface area contributed by atoms with Crippen molar-refractivity contribution in [3.8, 4) is 5.75 Å². The van der Waals surface area contributed by atoms with Gasteiger partial charge in [0.1, 0.15) is 5.75 Å². The molecule has 2 aliphatic heterocycles. The Bertz CT molecular complexity index is 435. The second-order valence-electron chi connectivity index (χ2n) is 6.27. The zero-order valence-electron chi connectivity index (χ0n) is 12.6. The maximum Gasteiger partial charge on any atom is 0.122 e. The quantitative estimate of drug-likeness (QED) is 0.823. The summed E-state index contributed by atoms with van der Waals surface area (Å²) in [5.74, 6) is 1.84. The molecule has 110 valence electrons. The van der Waals surface area contributed by atoms with Crippen LogP contribution in [0.2, 0.25) is 0 Å². The lowest BCUT2D eigenvalue weighted by Crippen LogP contribution is -2.34. The molecule has 2 heterocycles. The van der Waals surface area contributed by atoms with Crippen LogP contribution in [0.5, 0.6) is 5.75 Å². The van der Waals surface area contributed by atoms with Crippen LogP contribution < -0.4 is 4.74 Å². The Morgan fingerprint density at radius 3 is 3.00 bits per heavy atom. The number of rotatable bonds is 2. The summed E-state index contributed by atoms with van der Waals surface area (Å²) in [6.07, 6.45) is 3.65. The molecule has 0 spiro atoms. The Hall–Kier alpha value is -1.06. The zero-order chi connectivity index (χ0) is 13.8. The van der Waals surface area contributed by atoms with Crippen LogP contribution in [-0.2, 0) is 6.42 Å². The fraction of sp³-hybridized carbons (Fsp3) is 0.647. The Morgan fingerprint density at radius 2 is 2.05 bits per heavy atom. The van der Waals surface area contributed by atoms with Gasteiger partial charge in [-0.1, -0.05) is 18.2 Å². The van der Waals surface area contributed by atoms with Crippen molar-refractivity contribution in [2.75, 3.05) is 46.4 Å². The minimum Gasteiger partial charge on any atom is -0.493 e. The van der Waals surface area contributed by atoms with E-state index in [1.54, 1.807) is 0 Å². The third-order valence-electron chi connectivity index (χ3n) is 4.59. The van der Waals surface area contributed by atoms with Crippen molar-refractivity contribution >= 4 is 0 Å². The van der Waals surface area contributed by atoms with Crippen LogP contribution in [-0.4, -0.2) is 56.2 Å². The van der Waals surface area contributed by atoms with Crippen LogP contribution in [0.25, 0.3) is 0 Å². The molecule has 2 aliphatic rings. The van der Waals surface area contributed by atoms with Gasteiger partial charge in [0, 0.05) is 19.6 Å². The lowest BCUT2D eigenvalue weighted by molar-refractivity contribution is 0.214. The smallest absolute Gasteiger partial charge is 0.122 e. The van der Waals surface area contributed by atoms with E-state index in [1.165, 1.54) is 57.5 Å². The third kappa shape index (κ3) is 3.53. The molecule has 1 atom stereocenters. The molecule has 0 N–H and O–H groups in total. The first-order valence-electron chi connectivity index (χ1n) is 7.93. The second-order valence-corrected chi connectivity index (χ2v) is 6.27. The largest absolute Gasteiger partial charge is 0.493 e. The summed E-state index contributed by atoms with van der Waals surface area (Å²) in [6, 6.07) is 8.54. The first-order valence-corrected chi connectivity index (χ1v) is 7.93. The number of nitrogens with zero attached hydrogens (tertiary/aromatic N) is 2. The Kier molecular flexibility index (Phi) is 4.58. The molecule has 0 bridgehead atoms. The monoisotopic (exact) mass is 274 g/mol. The summed E-state index contributed by atoms with van der Waals surface area (Å²) < 4.78 is 5.88. The number of hydrogen-bond donors (Lipinski definition) is 0. The van der Waals surface area contributed by atoms with Gasteiger partial charge in [-0.25, -0.2) is 0 Å². The number of benzene rings is 1. The SMILES string of the molecule is CN1CCCN(C[C@@H]2CCOc3ccccc3C2)CC1. The van der Waals surface area contributed by atoms with Gasteiger partial charge in [0.15, 0.2) is 0 Å². The molecule has 20 heavy (non-hydrogen) atoms. The lowest BCUT2D eigenvalue weighted by atomic mass is 9.96. The highest BCUT2D eigenvalue weighted by Crippen LogP contribution is 2.27. The molecule has 0 aliphatic carbocycles. The van der Waals surface area contributed by atoms with Gasteiger partial charge in [-0.15, -0.1) is 0 Å². The number of likely N-dealkylation sites (N-methyl/N-ethyl adjacent to an activating group) is 1. The van der Waals surface area contributed by atoms with Crippen molar-refractivity contribution < 1.29 is 4.74 Å². The van der Waals surface area contributed by atoms with Crippen LogP contribution in [0.4, 0.5) is 0 Å². The van der Waals surface area contributed by atoms with E-state index in [2.05, 4.69) is 41.1 Å². The summed E-state index contributed by atoms with van der Waals surface area (Å²) in [5, 5.41) is 0. The van der Waals surface area contributed by atoms with E-state index in [-0.39, 0.29) is 0 Å². The van der Waals surface area contributed by atoms with Crippen molar-refractivity contribution in [3.63, 3.8) is 0 Å². The maximum atomic E-state index is 5.88. The van der Waals surface area contributed by atoms with E-state index < -0.39 is 0 Å². The Morgan fingerprint density at radius 1 is 1.15 bits per heavy atom. The molecule has 1 aromatic carbocycles. The van der Waals surface area contributed by atoms with Crippen LogP contribution in [0, 0.1) is 5.92 Å². The van der Waals surface area contributed by atoms with Crippen molar-refractivity contribution in [1.29, 1.82) is 0 Å². The van der Waals surface area contributed by atoms with Gasteiger partial charge in [-0.3, -0.25) is 0 Å². The topological polar surface area (TPSA) is 15.7 Å². The molecular weight excluding hydrogens is 248 g/mol. The highest BCUT2D eigenvalue weighted by molar-refractivity contribution is 5.34. The van der Waals surface area contributed by atoms with E-state index in [0.717, 1.165) is 18.3 Å². The number of para-hydroxylation sites is 1. The van der Waals surface area contributed by atoms with Gasteiger partial charge in [-0.05, 0) is 56.9 Å². The average molecular weight is 274 g/mol. The molecule has 1 fully saturated rings. The van der Waals surface area contributed by atoms with E-state index in [4.69, 9.17) is 4.74 Å². The van der Waals surface area contributed by atoms with Crippen molar-refractivity contribution in [1.82, 2.24) is 9.80 Å². The molecule has 1 saturated heterocycles. The number of hydrogen-bond acceptors (Lipinski definition) is 3. The van der Waals surface area contributed by atoms with Crippen LogP contribution in [0.3, 0.4) is 0 Å². The predicted octanol–water partition coefficient (Wildman–Crippen LogP) is 2.27. The van der Waals surface area contributed by atoms with Gasteiger partial charge in [0.25, 0.3) is 0 Å². The van der Waals surface area contributed by atoms with Crippen molar-refractivity contribution in [3.05, 3.63) is 29.8 Å². The third-order valence-corrected chi connectivity index (χ3v) is 4.59. The molecule has 3 rings (SSSR count). The van der Waals surface area contributed by atoms with E-state index >= 15 is 0 Å². The molecule has 1 aromatic rings. The van der Waals surface area contributed by atoms with E-state index in [9.17, 15) is 0 Å². The summed E-state index contributed by atoms with van der Waals surface area (Å²) >= 11 is 0. The van der Waals surface area contributed by atoms with Crippen molar-refractivity contribution in [2.24, 2.45) is 5.92 Å². The fourth-order valence-electron chi connectivity index (χ4n) is 3.37. The normalized spacial score (nSPS) is 25.4. The van der Waals surface area contributed by atoms with Crippen LogP contribution >= 0.6 is 0 Å². The standard InChI is InChI=1S/C17H26N2O/c1-18-8-4-9-19(11-10-18)14-15-7-12-20-17-6-3-2-5-16(17)13-15/h2-3,5-6,15H,4,7-14H2,1H3/t15-/m1/s1. The Balaban J connectivity index is 1.60. The average Bonchev–Trinajstić information content (AvgIpc) is 2.77. The van der Waals surface area contributed by atoms with Gasteiger partial charge >= 0.3 is 0 Å². The molecule has 3 nitrogen and oxygen atoms in total.